The van der Waals surface area contributed by atoms with Gasteiger partial charge in [0.15, 0.2) is 0 Å². The van der Waals surface area contributed by atoms with Crippen LogP contribution in [0, 0.1) is 6.92 Å². The lowest BCUT2D eigenvalue weighted by atomic mass is 9.83. The molecule has 1 atom stereocenters. The van der Waals surface area contributed by atoms with E-state index in [-0.39, 0.29) is 5.54 Å². The van der Waals surface area contributed by atoms with Crippen LogP contribution in [0.1, 0.15) is 37.8 Å². The van der Waals surface area contributed by atoms with Crippen molar-refractivity contribution in [2.24, 2.45) is 0 Å². The third-order valence-electron chi connectivity index (χ3n) is 3.27. The van der Waals surface area contributed by atoms with Gasteiger partial charge in [0.25, 0.3) is 0 Å². The average Bonchev–Trinajstić information content (AvgIpc) is 2.16. The number of aryl methyl sites for hydroxylation is 1. The Morgan fingerprint density at radius 1 is 1.29 bits per heavy atom. The Hall–Kier alpha value is -0.820. The summed E-state index contributed by atoms with van der Waals surface area (Å²) >= 11 is 0. The molecule has 0 amide bonds. The summed E-state index contributed by atoms with van der Waals surface area (Å²) < 4.78 is 0. The summed E-state index contributed by atoms with van der Waals surface area (Å²) in [7, 11) is 2.02. The van der Waals surface area contributed by atoms with Crippen LogP contribution in [0.15, 0.2) is 24.3 Å². The Labute approximate surface area is 87.5 Å². The van der Waals surface area contributed by atoms with E-state index >= 15 is 0 Å². The molecule has 1 aromatic rings. The molecule has 0 radical (unpaired) electrons. The van der Waals surface area contributed by atoms with E-state index in [0.29, 0.717) is 5.92 Å². The van der Waals surface area contributed by atoms with E-state index in [1.165, 1.54) is 11.1 Å². The van der Waals surface area contributed by atoms with Gasteiger partial charge < -0.3 is 5.32 Å². The molecule has 0 saturated carbocycles. The maximum absolute atomic E-state index is 3.36. The molecule has 0 heterocycles. The van der Waals surface area contributed by atoms with E-state index in [0.717, 1.165) is 0 Å². The zero-order valence-electron chi connectivity index (χ0n) is 9.89. The molecule has 14 heavy (non-hydrogen) atoms. The van der Waals surface area contributed by atoms with Crippen LogP contribution >= 0.6 is 0 Å². The van der Waals surface area contributed by atoms with Crippen molar-refractivity contribution in [3.05, 3.63) is 35.4 Å². The summed E-state index contributed by atoms with van der Waals surface area (Å²) in [6.45, 7) is 8.88. The molecular formula is C13H21N. The van der Waals surface area contributed by atoms with Gasteiger partial charge in [-0.1, -0.05) is 36.8 Å². The molecule has 1 N–H and O–H groups in total. The van der Waals surface area contributed by atoms with Crippen molar-refractivity contribution in [2.75, 3.05) is 7.05 Å². The van der Waals surface area contributed by atoms with Crippen molar-refractivity contribution < 1.29 is 0 Å². The molecule has 78 valence electrons. The first kappa shape index (κ1) is 11.3. The molecule has 0 aliphatic rings. The van der Waals surface area contributed by atoms with Crippen molar-refractivity contribution in [3.63, 3.8) is 0 Å². The maximum atomic E-state index is 3.36. The van der Waals surface area contributed by atoms with Crippen LogP contribution in [0.25, 0.3) is 0 Å². The molecule has 0 aliphatic carbocycles. The Morgan fingerprint density at radius 2 is 1.93 bits per heavy atom. The molecule has 0 bridgehead atoms. The summed E-state index contributed by atoms with van der Waals surface area (Å²) in [5.41, 5.74) is 2.89. The fourth-order valence-electron chi connectivity index (χ4n) is 1.57. The van der Waals surface area contributed by atoms with Crippen LogP contribution in [0.3, 0.4) is 0 Å². The molecule has 1 heteroatoms. The quantitative estimate of drug-likeness (QED) is 0.774. The highest BCUT2D eigenvalue weighted by atomic mass is 14.9. The lowest BCUT2D eigenvalue weighted by molar-refractivity contribution is 0.360. The summed E-state index contributed by atoms with van der Waals surface area (Å²) in [6, 6.07) is 8.75. The molecule has 0 spiro atoms. The number of hydrogen-bond acceptors (Lipinski definition) is 1. The minimum absolute atomic E-state index is 0.147. The third-order valence-corrected chi connectivity index (χ3v) is 3.27. The highest BCUT2D eigenvalue weighted by molar-refractivity contribution is 5.27. The molecule has 1 rings (SSSR count). The van der Waals surface area contributed by atoms with Crippen molar-refractivity contribution in [1.82, 2.24) is 5.32 Å². The largest absolute Gasteiger partial charge is 0.314 e. The van der Waals surface area contributed by atoms with E-state index in [9.17, 15) is 0 Å². The first-order chi connectivity index (χ1) is 6.47. The van der Waals surface area contributed by atoms with Gasteiger partial charge in [0.05, 0.1) is 0 Å². The van der Waals surface area contributed by atoms with E-state index in [4.69, 9.17) is 0 Å². The van der Waals surface area contributed by atoms with Gasteiger partial charge in [-0.3, -0.25) is 0 Å². The van der Waals surface area contributed by atoms with Gasteiger partial charge in [-0.05, 0) is 39.3 Å². The fourth-order valence-corrected chi connectivity index (χ4v) is 1.57. The highest BCUT2D eigenvalue weighted by Gasteiger charge is 2.24. The van der Waals surface area contributed by atoms with E-state index < -0.39 is 0 Å². The van der Waals surface area contributed by atoms with E-state index in [2.05, 4.69) is 57.3 Å². The van der Waals surface area contributed by atoms with Crippen molar-refractivity contribution in [1.29, 1.82) is 0 Å². The van der Waals surface area contributed by atoms with Crippen molar-refractivity contribution >= 4 is 0 Å². The van der Waals surface area contributed by atoms with Crippen LogP contribution in [0.4, 0.5) is 0 Å². The lowest BCUT2D eigenvalue weighted by Crippen LogP contribution is -2.41. The van der Waals surface area contributed by atoms with Gasteiger partial charge in [0.1, 0.15) is 0 Å². The zero-order valence-corrected chi connectivity index (χ0v) is 9.89. The second-order valence-corrected chi connectivity index (χ2v) is 4.61. The summed E-state index contributed by atoms with van der Waals surface area (Å²) in [4.78, 5) is 0. The van der Waals surface area contributed by atoms with Gasteiger partial charge in [0, 0.05) is 5.54 Å². The number of rotatable bonds is 3. The van der Waals surface area contributed by atoms with Gasteiger partial charge >= 0.3 is 0 Å². The normalized spacial score (nSPS) is 14.1. The number of hydrogen-bond donors (Lipinski definition) is 1. The van der Waals surface area contributed by atoms with Crippen LogP contribution < -0.4 is 5.32 Å². The number of nitrogens with one attached hydrogen (secondary N) is 1. The Bertz CT molecular complexity index is 302. The second kappa shape index (κ2) is 4.14. The third kappa shape index (κ3) is 2.36. The maximum Gasteiger partial charge on any atom is 0.0187 e. The van der Waals surface area contributed by atoms with Gasteiger partial charge in [-0.25, -0.2) is 0 Å². The molecule has 1 unspecified atom stereocenters. The lowest BCUT2D eigenvalue weighted by Gasteiger charge is -2.32. The smallest absolute Gasteiger partial charge is 0.0187 e. The van der Waals surface area contributed by atoms with E-state index in [1.54, 1.807) is 0 Å². The predicted octanol–water partition coefficient (Wildman–Crippen LogP) is 3.10. The zero-order chi connectivity index (χ0) is 10.8. The molecule has 0 aliphatic heterocycles. The van der Waals surface area contributed by atoms with Crippen LogP contribution in [0.5, 0.6) is 0 Å². The van der Waals surface area contributed by atoms with Crippen LogP contribution in [-0.4, -0.2) is 12.6 Å². The second-order valence-electron chi connectivity index (χ2n) is 4.61. The standard InChI is InChI=1S/C13H21N/c1-10-7-6-8-12(9-10)11(2)13(3,4)14-5/h6-9,11,14H,1-5H3. The molecule has 1 aromatic carbocycles. The Kier molecular flexibility index (Phi) is 3.33. The van der Waals surface area contributed by atoms with E-state index in [1.807, 2.05) is 7.05 Å². The molecular weight excluding hydrogens is 170 g/mol. The Balaban J connectivity index is 2.94. The topological polar surface area (TPSA) is 12.0 Å². The molecule has 0 aromatic heterocycles. The first-order valence-electron chi connectivity index (χ1n) is 5.23. The van der Waals surface area contributed by atoms with Gasteiger partial charge in [0.2, 0.25) is 0 Å². The van der Waals surface area contributed by atoms with Gasteiger partial charge in [-0.2, -0.15) is 0 Å². The van der Waals surface area contributed by atoms with Gasteiger partial charge in [-0.15, -0.1) is 0 Å². The highest BCUT2D eigenvalue weighted by Crippen LogP contribution is 2.27. The summed E-state index contributed by atoms with van der Waals surface area (Å²) in [5, 5.41) is 3.36. The first-order valence-corrected chi connectivity index (χ1v) is 5.23. The monoisotopic (exact) mass is 191 g/mol. The van der Waals surface area contributed by atoms with Crippen molar-refractivity contribution in [3.8, 4) is 0 Å². The van der Waals surface area contributed by atoms with Crippen LogP contribution in [0.2, 0.25) is 0 Å². The SMILES string of the molecule is CNC(C)(C)C(C)c1cccc(C)c1. The summed E-state index contributed by atoms with van der Waals surface area (Å²) in [6.07, 6.45) is 0. The fraction of sp³-hybridized carbons (Fsp3) is 0.538. The molecule has 0 saturated heterocycles. The predicted molar refractivity (Wildman–Crippen MR) is 62.7 cm³/mol. The number of likely N-dealkylation sites (N-methyl/N-ethyl adjacent to an activating group) is 1. The minimum atomic E-state index is 0.147. The Morgan fingerprint density at radius 3 is 2.43 bits per heavy atom. The average molecular weight is 191 g/mol. The van der Waals surface area contributed by atoms with Crippen molar-refractivity contribution in [2.45, 2.75) is 39.2 Å². The molecule has 1 nitrogen and oxygen atoms in total. The number of benzene rings is 1. The van der Waals surface area contributed by atoms with Crippen LogP contribution in [-0.2, 0) is 0 Å². The minimum Gasteiger partial charge on any atom is -0.314 e. The summed E-state index contributed by atoms with van der Waals surface area (Å²) in [5.74, 6) is 0.521. The molecule has 0 fully saturated rings.